The minimum Gasteiger partial charge on any atom is -0.496 e. The first-order valence-electron chi connectivity index (χ1n) is 9.44. The van der Waals surface area contributed by atoms with Crippen molar-refractivity contribution in [2.24, 2.45) is 0 Å². The Morgan fingerprint density at radius 3 is 1.50 bits per heavy atom. The molecular formula is C24H28O4. The van der Waals surface area contributed by atoms with Crippen LogP contribution in [0.1, 0.15) is 36.2 Å². The van der Waals surface area contributed by atoms with Crippen LogP contribution in [0, 0.1) is 0 Å². The lowest BCUT2D eigenvalue weighted by molar-refractivity contribution is 0.0281. The molecule has 148 valence electrons. The van der Waals surface area contributed by atoms with Gasteiger partial charge in [-0.05, 0) is 23.3 Å². The van der Waals surface area contributed by atoms with Gasteiger partial charge in [-0.1, -0.05) is 49.6 Å². The molecule has 2 aromatic rings. The lowest BCUT2D eigenvalue weighted by Crippen LogP contribution is -2.17. The molecule has 1 saturated heterocycles. The highest BCUT2D eigenvalue weighted by Gasteiger charge is 2.23. The van der Waals surface area contributed by atoms with Gasteiger partial charge >= 0.3 is 0 Å². The molecule has 0 radical (unpaired) electrons. The Morgan fingerprint density at radius 2 is 1.11 bits per heavy atom. The zero-order valence-corrected chi connectivity index (χ0v) is 16.6. The molecule has 2 aromatic carbocycles. The molecule has 4 nitrogen and oxygen atoms in total. The van der Waals surface area contributed by atoms with E-state index in [1.54, 1.807) is 14.2 Å². The van der Waals surface area contributed by atoms with Crippen LogP contribution in [-0.2, 0) is 9.47 Å². The summed E-state index contributed by atoms with van der Waals surface area (Å²) in [6.07, 6.45) is 1.03. The molecule has 4 heteroatoms. The number of methoxy groups -OCH3 is 2. The SMILES string of the molecule is C=C1CO[C@@H](c2ccccc2OC)CC(=C)CO[C@H](c2ccccc2OC)C1. The van der Waals surface area contributed by atoms with Gasteiger partial charge in [0.25, 0.3) is 0 Å². The summed E-state index contributed by atoms with van der Waals surface area (Å²) in [5.74, 6) is 1.63. The summed E-state index contributed by atoms with van der Waals surface area (Å²) in [7, 11) is 3.35. The van der Waals surface area contributed by atoms with Gasteiger partial charge in [0.1, 0.15) is 11.5 Å². The molecule has 3 rings (SSSR count). The molecule has 0 unspecified atom stereocenters. The van der Waals surface area contributed by atoms with Crippen LogP contribution >= 0.6 is 0 Å². The van der Waals surface area contributed by atoms with Crippen molar-refractivity contribution in [2.45, 2.75) is 25.0 Å². The molecule has 1 fully saturated rings. The maximum atomic E-state index is 6.24. The number of hydrogen-bond acceptors (Lipinski definition) is 4. The van der Waals surface area contributed by atoms with Crippen LogP contribution in [0.15, 0.2) is 72.8 Å². The summed E-state index contributed by atoms with van der Waals surface area (Å²) in [6.45, 7) is 9.32. The molecule has 0 amide bonds. The molecule has 0 N–H and O–H groups in total. The predicted molar refractivity (Wildman–Crippen MR) is 111 cm³/mol. The van der Waals surface area contributed by atoms with Gasteiger partial charge < -0.3 is 18.9 Å². The van der Waals surface area contributed by atoms with Crippen molar-refractivity contribution in [2.75, 3.05) is 27.4 Å². The maximum Gasteiger partial charge on any atom is 0.124 e. The molecule has 1 heterocycles. The van der Waals surface area contributed by atoms with E-state index in [1.807, 2.05) is 48.5 Å². The van der Waals surface area contributed by atoms with Gasteiger partial charge in [0.05, 0.1) is 39.6 Å². The number of benzene rings is 2. The third kappa shape index (κ3) is 4.83. The fourth-order valence-electron chi connectivity index (χ4n) is 3.46. The van der Waals surface area contributed by atoms with E-state index in [1.165, 1.54) is 0 Å². The first-order chi connectivity index (χ1) is 13.6. The summed E-state index contributed by atoms with van der Waals surface area (Å²) in [5, 5.41) is 0. The van der Waals surface area contributed by atoms with Gasteiger partial charge in [-0.15, -0.1) is 0 Å². The molecule has 28 heavy (non-hydrogen) atoms. The van der Waals surface area contributed by atoms with E-state index in [4.69, 9.17) is 18.9 Å². The number of rotatable bonds is 4. The van der Waals surface area contributed by atoms with Gasteiger partial charge in [0.15, 0.2) is 0 Å². The smallest absolute Gasteiger partial charge is 0.124 e. The molecule has 1 aliphatic rings. The molecule has 1 aliphatic heterocycles. The van der Waals surface area contributed by atoms with E-state index in [0.717, 1.165) is 33.8 Å². The third-order valence-corrected chi connectivity index (χ3v) is 4.90. The second-order valence-corrected chi connectivity index (χ2v) is 6.99. The average molecular weight is 380 g/mol. The van der Waals surface area contributed by atoms with Crippen LogP contribution in [-0.4, -0.2) is 27.4 Å². The molecule has 0 bridgehead atoms. The van der Waals surface area contributed by atoms with Crippen molar-refractivity contribution in [3.05, 3.63) is 84.0 Å². The summed E-state index contributed by atoms with van der Waals surface area (Å²) in [6, 6.07) is 15.9. The van der Waals surface area contributed by atoms with Crippen LogP contribution in [0.25, 0.3) is 0 Å². The molecular weight excluding hydrogens is 352 g/mol. The van der Waals surface area contributed by atoms with Crippen LogP contribution in [0.3, 0.4) is 0 Å². The second kappa shape index (κ2) is 9.58. The quantitative estimate of drug-likeness (QED) is 0.663. The second-order valence-electron chi connectivity index (χ2n) is 6.99. The number of hydrogen-bond donors (Lipinski definition) is 0. The van der Waals surface area contributed by atoms with E-state index in [-0.39, 0.29) is 12.2 Å². The van der Waals surface area contributed by atoms with Gasteiger partial charge in [0.2, 0.25) is 0 Å². The minimum absolute atomic E-state index is 0.146. The van der Waals surface area contributed by atoms with Gasteiger partial charge in [-0.3, -0.25) is 0 Å². The van der Waals surface area contributed by atoms with Gasteiger partial charge in [-0.25, -0.2) is 0 Å². The first kappa shape index (κ1) is 20.2. The topological polar surface area (TPSA) is 36.9 Å². The number of ether oxygens (including phenoxy) is 4. The van der Waals surface area contributed by atoms with Gasteiger partial charge in [0, 0.05) is 24.0 Å². The first-order valence-corrected chi connectivity index (χ1v) is 9.44. The maximum absolute atomic E-state index is 6.24. The Hall–Kier alpha value is -2.56. The Labute approximate surface area is 167 Å². The number of para-hydroxylation sites is 2. The standard InChI is InChI=1S/C24H28O4/c1-17-13-23(19-9-5-7-11-21(19)25-3)28-16-18(2)14-24(27-15-17)20-10-6-8-12-22(20)26-4/h5-12,23-24H,1-2,13-16H2,3-4H3/t23-,24+. The molecule has 2 atom stereocenters. The van der Waals surface area contributed by atoms with Crippen molar-refractivity contribution in [1.82, 2.24) is 0 Å². The highest BCUT2D eigenvalue weighted by Crippen LogP contribution is 2.36. The van der Waals surface area contributed by atoms with Crippen molar-refractivity contribution >= 4 is 0 Å². The fourth-order valence-corrected chi connectivity index (χ4v) is 3.46. The third-order valence-electron chi connectivity index (χ3n) is 4.90. The molecule has 0 aliphatic carbocycles. The van der Waals surface area contributed by atoms with Gasteiger partial charge in [-0.2, -0.15) is 0 Å². The molecule has 0 aromatic heterocycles. The van der Waals surface area contributed by atoms with Crippen molar-refractivity contribution in [3.63, 3.8) is 0 Å². The normalized spacial score (nSPS) is 21.2. The highest BCUT2D eigenvalue weighted by atomic mass is 16.5. The van der Waals surface area contributed by atoms with E-state index in [9.17, 15) is 0 Å². The Balaban J connectivity index is 1.80. The summed E-state index contributed by atoms with van der Waals surface area (Å²) in [5.41, 5.74) is 3.98. The zero-order chi connectivity index (χ0) is 19.9. The Kier molecular flexibility index (Phi) is 6.90. The van der Waals surface area contributed by atoms with Crippen molar-refractivity contribution in [1.29, 1.82) is 0 Å². The highest BCUT2D eigenvalue weighted by molar-refractivity contribution is 5.37. The zero-order valence-electron chi connectivity index (χ0n) is 16.6. The summed E-state index contributed by atoms with van der Waals surface area (Å²) in [4.78, 5) is 0. The van der Waals surface area contributed by atoms with E-state index in [0.29, 0.717) is 26.1 Å². The van der Waals surface area contributed by atoms with E-state index < -0.39 is 0 Å². The fraction of sp³-hybridized carbons (Fsp3) is 0.333. The van der Waals surface area contributed by atoms with Crippen molar-refractivity contribution < 1.29 is 18.9 Å². The average Bonchev–Trinajstić information content (AvgIpc) is 2.73. The molecule has 0 spiro atoms. The van der Waals surface area contributed by atoms with Crippen molar-refractivity contribution in [3.8, 4) is 11.5 Å². The van der Waals surface area contributed by atoms with E-state index in [2.05, 4.69) is 13.2 Å². The van der Waals surface area contributed by atoms with Crippen LogP contribution in [0.4, 0.5) is 0 Å². The van der Waals surface area contributed by atoms with Crippen LogP contribution < -0.4 is 9.47 Å². The van der Waals surface area contributed by atoms with E-state index >= 15 is 0 Å². The molecule has 0 saturated carbocycles. The largest absolute Gasteiger partial charge is 0.496 e. The van der Waals surface area contributed by atoms with Crippen LogP contribution in [0.5, 0.6) is 11.5 Å². The lowest BCUT2D eigenvalue weighted by Gasteiger charge is -2.27. The Bertz CT molecular complexity index is 757. The summed E-state index contributed by atoms with van der Waals surface area (Å²) < 4.78 is 23.5. The lowest BCUT2D eigenvalue weighted by atomic mass is 9.98. The Morgan fingerprint density at radius 1 is 0.714 bits per heavy atom. The monoisotopic (exact) mass is 380 g/mol. The van der Waals surface area contributed by atoms with Crippen LogP contribution in [0.2, 0.25) is 0 Å². The predicted octanol–water partition coefficient (Wildman–Crippen LogP) is 5.43. The summed E-state index contributed by atoms with van der Waals surface area (Å²) >= 11 is 0. The minimum atomic E-state index is -0.146.